The van der Waals surface area contributed by atoms with Crippen molar-refractivity contribution in [2.24, 2.45) is 0 Å². The van der Waals surface area contributed by atoms with Gasteiger partial charge in [0, 0.05) is 5.39 Å². The zero-order chi connectivity index (χ0) is 16.3. The first-order valence-corrected chi connectivity index (χ1v) is 8.99. The van der Waals surface area contributed by atoms with Gasteiger partial charge in [0.25, 0.3) is 0 Å². The lowest BCUT2D eigenvalue weighted by atomic mass is 10.2. The van der Waals surface area contributed by atoms with Gasteiger partial charge in [-0.1, -0.05) is 0 Å². The van der Waals surface area contributed by atoms with E-state index in [-0.39, 0.29) is 18.5 Å². The van der Waals surface area contributed by atoms with Gasteiger partial charge in [-0.3, -0.25) is 4.57 Å². The summed E-state index contributed by atoms with van der Waals surface area (Å²) in [7, 11) is -2.19. The summed E-state index contributed by atoms with van der Waals surface area (Å²) in [5.41, 5.74) is -0.405. The van der Waals surface area contributed by atoms with Gasteiger partial charge in [0.05, 0.1) is 24.8 Å². The predicted octanol–water partition coefficient (Wildman–Crippen LogP) is 3.46. The molecule has 0 atom stereocenters. The van der Waals surface area contributed by atoms with E-state index in [2.05, 4.69) is 15.9 Å². The zero-order valence-electron chi connectivity index (χ0n) is 12.4. The second-order valence-electron chi connectivity index (χ2n) is 4.28. The maximum atomic E-state index is 12.8. The second-order valence-corrected chi connectivity index (χ2v) is 7.13. The third-order valence-electron chi connectivity index (χ3n) is 2.87. The van der Waals surface area contributed by atoms with Crippen LogP contribution in [-0.4, -0.2) is 20.3 Å². The monoisotopic (exact) mass is 390 g/mol. The van der Waals surface area contributed by atoms with Crippen LogP contribution >= 0.6 is 23.5 Å². The molecule has 8 heteroatoms. The average molecular weight is 391 g/mol. The van der Waals surface area contributed by atoms with E-state index in [1.54, 1.807) is 26.0 Å². The Morgan fingerprint density at radius 3 is 2.36 bits per heavy atom. The van der Waals surface area contributed by atoms with E-state index in [1.807, 2.05) is 0 Å². The molecule has 1 aromatic carbocycles. The summed E-state index contributed by atoms with van der Waals surface area (Å²) in [6.45, 7) is 3.65. The van der Waals surface area contributed by atoms with Crippen molar-refractivity contribution in [3.8, 4) is 5.75 Å². The Bertz CT molecular complexity index is 775. The minimum absolute atomic E-state index is 0.121. The summed E-state index contributed by atoms with van der Waals surface area (Å²) >= 11 is 3.31. The van der Waals surface area contributed by atoms with Gasteiger partial charge >= 0.3 is 13.2 Å². The molecule has 0 aliphatic heterocycles. The molecule has 0 saturated carbocycles. The second kappa shape index (κ2) is 6.96. The molecule has 2 rings (SSSR count). The van der Waals surface area contributed by atoms with Crippen LogP contribution in [0.1, 0.15) is 13.8 Å². The Morgan fingerprint density at radius 2 is 1.82 bits per heavy atom. The van der Waals surface area contributed by atoms with E-state index < -0.39 is 13.2 Å². The molecule has 2 aromatic rings. The van der Waals surface area contributed by atoms with Crippen molar-refractivity contribution in [1.29, 1.82) is 0 Å². The molecule has 0 radical (unpaired) electrons. The van der Waals surface area contributed by atoms with Gasteiger partial charge in [-0.15, -0.1) is 0 Å². The van der Waals surface area contributed by atoms with E-state index in [1.165, 1.54) is 13.2 Å². The molecule has 0 aliphatic carbocycles. The van der Waals surface area contributed by atoms with Crippen molar-refractivity contribution in [3.05, 3.63) is 33.1 Å². The molecule has 0 N–H and O–H groups in total. The van der Waals surface area contributed by atoms with Crippen LogP contribution in [0, 0.1) is 0 Å². The Hall–Kier alpha value is -1.14. The van der Waals surface area contributed by atoms with Crippen molar-refractivity contribution < 1.29 is 22.8 Å². The van der Waals surface area contributed by atoms with Gasteiger partial charge in [-0.2, -0.15) is 0 Å². The standard InChI is InChI=1S/C14H16BrO6P/c1-4-19-22(17,20-5-2)12-7-9-6-10(18-3)8-11(15)13(9)21-14(12)16/h6-8H,4-5H2,1-3H3. The summed E-state index contributed by atoms with van der Waals surface area (Å²) in [6.07, 6.45) is 0. The quantitative estimate of drug-likeness (QED) is 0.555. The maximum absolute atomic E-state index is 12.8. The van der Waals surface area contributed by atoms with Crippen LogP contribution < -0.4 is 15.7 Å². The lowest BCUT2D eigenvalue weighted by Gasteiger charge is -2.16. The van der Waals surface area contributed by atoms with Crippen LogP contribution in [0.15, 0.2) is 31.9 Å². The van der Waals surface area contributed by atoms with E-state index in [0.717, 1.165) is 0 Å². The van der Waals surface area contributed by atoms with Crippen LogP contribution in [0.3, 0.4) is 0 Å². The first kappa shape index (κ1) is 17.2. The fourth-order valence-corrected chi connectivity index (χ4v) is 4.11. The molecule has 0 amide bonds. The van der Waals surface area contributed by atoms with Gasteiger partial charge in [0.1, 0.15) is 5.75 Å². The fourth-order valence-electron chi connectivity index (χ4n) is 1.98. The van der Waals surface area contributed by atoms with E-state index in [9.17, 15) is 9.36 Å². The lowest BCUT2D eigenvalue weighted by molar-refractivity contribution is 0.229. The summed E-state index contributed by atoms with van der Waals surface area (Å²) < 4.78 is 34.2. The van der Waals surface area contributed by atoms with E-state index in [4.69, 9.17) is 18.2 Å². The highest BCUT2D eigenvalue weighted by Crippen LogP contribution is 2.46. The van der Waals surface area contributed by atoms with Gasteiger partial charge in [0.2, 0.25) is 0 Å². The molecule has 0 bridgehead atoms. The largest absolute Gasteiger partial charge is 0.497 e. The molecule has 0 saturated heterocycles. The predicted molar refractivity (Wildman–Crippen MR) is 87.2 cm³/mol. The number of hydrogen-bond acceptors (Lipinski definition) is 6. The topological polar surface area (TPSA) is 75.0 Å². The van der Waals surface area contributed by atoms with E-state index >= 15 is 0 Å². The van der Waals surface area contributed by atoms with Crippen LogP contribution in [0.2, 0.25) is 0 Å². The molecule has 0 fully saturated rings. The SMILES string of the molecule is CCOP(=O)(OCC)c1cc2cc(OC)cc(Br)c2oc1=O. The Labute approximate surface area is 136 Å². The maximum Gasteiger partial charge on any atom is 0.368 e. The first-order chi connectivity index (χ1) is 10.4. The third-order valence-corrected chi connectivity index (χ3v) is 5.56. The number of hydrogen-bond donors (Lipinski definition) is 0. The Kier molecular flexibility index (Phi) is 5.45. The van der Waals surface area contributed by atoms with Crippen LogP contribution in [0.4, 0.5) is 0 Å². The van der Waals surface area contributed by atoms with Crippen molar-refractivity contribution in [2.45, 2.75) is 13.8 Å². The van der Waals surface area contributed by atoms with Crippen molar-refractivity contribution in [2.75, 3.05) is 20.3 Å². The van der Waals surface area contributed by atoms with Crippen molar-refractivity contribution in [3.63, 3.8) is 0 Å². The first-order valence-electron chi connectivity index (χ1n) is 6.66. The molecular formula is C14H16BrO6P. The van der Waals surface area contributed by atoms with Crippen LogP contribution in [0.5, 0.6) is 5.75 Å². The number of halogens is 1. The highest BCUT2D eigenvalue weighted by molar-refractivity contribution is 9.10. The normalized spacial score (nSPS) is 11.8. The summed E-state index contributed by atoms with van der Waals surface area (Å²) in [5.74, 6) is 0.571. The lowest BCUT2D eigenvalue weighted by Crippen LogP contribution is -2.26. The number of rotatable bonds is 6. The molecular weight excluding hydrogens is 375 g/mol. The summed E-state index contributed by atoms with van der Waals surface area (Å²) in [6, 6.07) is 4.81. The number of ether oxygens (including phenoxy) is 1. The molecule has 1 aromatic heterocycles. The summed E-state index contributed by atoms with van der Waals surface area (Å²) in [5, 5.41) is 0.435. The summed E-state index contributed by atoms with van der Waals surface area (Å²) in [4.78, 5) is 12.2. The third kappa shape index (κ3) is 3.27. The van der Waals surface area contributed by atoms with Crippen LogP contribution in [0.25, 0.3) is 11.0 Å². The Balaban J connectivity index is 2.71. The molecule has 22 heavy (non-hydrogen) atoms. The van der Waals surface area contributed by atoms with Crippen molar-refractivity contribution >= 4 is 39.8 Å². The van der Waals surface area contributed by atoms with Crippen LogP contribution in [-0.2, 0) is 13.6 Å². The van der Waals surface area contributed by atoms with E-state index in [0.29, 0.717) is 21.2 Å². The molecule has 0 aliphatic rings. The highest BCUT2D eigenvalue weighted by atomic mass is 79.9. The van der Waals surface area contributed by atoms with Gasteiger partial charge in [0.15, 0.2) is 10.9 Å². The number of fused-ring (bicyclic) bond motifs is 1. The van der Waals surface area contributed by atoms with Gasteiger partial charge < -0.3 is 18.2 Å². The number of benzene rings is 1. The molecule has 120 valence electrons. The van der Waals surface area contributed by atoms with Gasteiger partial charge in [-0.25, -0.2) is 4.79 Å². The average Bonchev–Trinajstić information content (AvgIpc) is 2.47. The fraction of sp³-hybridized carbons (Fsp3) is 0.357. The van der Waals surface area contributed by atoms with Crippen molar-refractivity contribution in [1.82, 2.24) is 0 Å². The molecule has 6 nitrogen and oxygen atoms in total. The minimum Gasteiger partial charge on any atom is -0.497 e. The molecule has 1 heterocycles. The van der Waals surface area contributed by atoms with Gasteiger partial charge in [-0.05, 0) is 48.0 Å². The zero-order valence-corrected chi connectivity index (χ0v) is 14.9. The minimum atomic E-state index is -3.71. The Morgan fingerprint density at radius 1 is 1.18 bits per heavy atom. The smallest absolute Gasteiger partial charge is 0.368 e. The molecule has 0 unspecified atom stereocenters. The number of methoxy groups -OCH3 is 1. The molecule has 0 spiro atoms. The highest BCUT2D eigenvalue weighted by Gasteiger charge is 2.31.